The maximum atomic E-state index is 2.65. The molecule has 0 radical (unpaired) electrons. The highest BCUT2D eigenvalue weighted by molar-refractivity contribution is 5.15. The van der Waals surface area contributed by atoms with Crippen LogP contribution in [-0.4, -0.2) is 0 Å². The van der Waals surface area contributed by atoms with E-state index in [0.29, 0.717) is 10.8 Å². The van der Waals surface area contributed by atoms with E-state index in [2.05, 4.69) is 20.8 Å². The van der Waals surface area contributed by atoms with Crippen LogP contribution < -0.4 is 0 Å². The molecule has 3 saturated carbocycles. The Morgan fingerprint density at radius 1 is 0.867 bits per heavy atom. The van der Waals surface area contributed by atoms with Crippen molar-refractivity contribution in [2.24, 2.45) is 22.2 Å². The Kier molecular flexibility index (Phi) is 1.91. The van der Waals surface area contributed by atoms with Crippen LogP contribution in [0.3, 0.4) is 0 Å². The van der Waals surface area contributed by atoms with E-state index in [1.807, 2.05) is 0 Å². The second-order valence-electron chi connectivity index (χ2n) is 7.20. The summed E-state index contributed by atoms with van der Waals surface area (Å²) >= 11 is 0. The monoisotopic (exact) mass is 206 g/mol. The predicted octanol–water partition coefficient (Wildman–Crippen LogP) is 4.78. The molecule has 0 heterocycles. The summed E-state index contributed by atoms with van der Waals surface area (Å²) in [5.41, 5.74) is 2.13. The van der Waals surface area contributed by atoms with E-state index < -0.39 is 0 Å². The normalized spacial score (nSPS) is 59.0. The highest BCUT2D eigenvalue weighted by atomic mass is 14.7. The molecular formula is C15H26. The van der Waals surface area contributed by atoms with Gasteiger partial charge in [-0.2, -0.15) is 0 Å². The maximum Gasteiger partial charge on any atom is -0.0213 e. The van der Waals surface area contributed by atoms with Gasteiger partial charge < -0.3 is 0 Å². The van der Waals surface area contributed by atoms with Gasteiger partial charge in [-0.25, -0.2) is 0 Å². The van der Waals surface area contributed by atoms with E-state index >= 15 is 0 Å². The van der Waals surface area contributed by atoms with Crippen LogP contribution in [0, 0.1) is 22.2 Å². The van der Waals surface area contributed by atoms with E-state index in [4.69, 9.17) is 0 Å². The summed E-state index contributed by atoms with van der Waals surface area (Å²) in [5, 5.41) is 0. The summed E-state index contributed by atoms with van der Waals surface area (Å²) in [6.07, 6.45) is 12.2. The van der Waals surface area contributed by atoms with Gasteiger partial charge in [0.1, 0.15) is 0 Å². The molecule has 0 aromatic heterocycles. The molecule has 0 saturated heterocycles. The van der Waals surface area contributed by atoms with Gasteiger partial charge in [0.05, 0.1) is 0 Å². The molecule has 3 rings (SSSR count). The van der Waals surface area contributed by atoms with Gasteiger partial charge in [0.25, 0.3) is 0 Å². The lowest BCUT2D eigenvalue weighted by molar-refractivity contribution is -0.113. The predicted molar refractivity (Wildman–Crippen MR) is 64.7 cm³/mol. The second-order valence-corrected chi connectivity index (χ2v) is 7.20. The van der Waals surface area contributed by atoms with Crippen LogP contribution in [0.15, 0.2) is 0 Å². The summed E-state index contributed by atoms with van der Waals surface area (Å²) < 4.78 is 0. The maximum absolute atomic E-state index is 2.65. The van der Waals surface area contributed by atoms with Gasteiger partial charge >= 0.3 is 0 Å². The fourth-order valence-corrected chi connectivity index (χ4v) is 5.87. The van der Waals surface area contributed by atoms with Crippen LogP contribution in [0.5, 0.6) is 0 Å². The molecule has 0 heteroatoms. The first-order valence-electron chi connectivity index (χ1n) is 7.04. The summed E-state index contributed by atoms with van der Waals surface area (Å²) in [7, 11) is 0. The molecule has 0 N–H and O–H groups in total. The van der Waals surface area contributed by atoms with Crippen LogP contribution >= 0.6 is 0 Å². The van der Waals surface area contributed by atoms with Crippen molar-refractivity contribution in [2.75, 3.05) is 0 Å². The third-order valence-corrected chi connectivity index (χ3v) is 7.16. The average molecular weight is 206 g/mol. The highest BCUT2D eigenvalue weighted by Gasteiger charge is 2.66. The summed E-state index contributed by atoms with van der Waals surface area (Å²) in [6, 6.07) is 0. The van der Waals surface area contributed by atoms with Crippen LogP contribution in [0.25, 0.3) is 0 Å². The lowest BCUT2D eigenvalue weighted by atomic mass is 9.44. The molecule has 3 aliphatic carbocycles. The van der Waals surface area contributed by atoms with Crippen molar-refractivity contribution in [3.05, 3.63) is 0 Å². The topological polar surface area (TPSA) is 0 Å². The van der Waals surface area contributed by atoms with Crippen LogP contribution in [0.1, 0.15) is 72.1 Å². The molecule has 3 fully saturated rings. The third kappa shape index (κ3) is 0.953. The van der Waals surface area contributed by atoms with E-state index in [-0.39, 0.29) is 0 Å². The first-order chi connectivity index (χ1) is 7.04. The van der Waals surface area contributed by atoms with E-state index in [1.165, 1.54) is 38.5 Å². The number of hydrogen-bond acceptors (Lipinski definition) is 0. The molecule has 0 aromatic carbocycles. The lowest BCUT2D eigenvalue weighted by Gasteiger charge is -2.60. The molecule has 0 nitrogen and oxygen atoms in total. The van der Waals surface area contributed by atoms with Crippen molar-refractivity contribution in [2.45, 2.75) is 72.1 Å². The Labute approximate surface area is 94.8 Å². The minimum Gasteiger partial charge on any atom is -0.0620 e. The van der Waals surface area contributed by atoms with Crippen molar-refractivity contribution >= 4 is 0 Å². The van der Waals surface area contributed by atoms with Crippen molar-refractivity contribution in [1.29, 1.82) is 0 Å². The molecule has 0 amide bonds. The lowest BCUT2D eigenvalue weighted by Crippen LogP contribution is -2.52. The van der Waals surface area contributed by atoms with Crippen molar-refractivity contribution in [3.63, 3.8) is 0 Å². The number of rotatable bonds is 0. The molecule has 0 aromatic rings. The quantitative estimate of drug-likeness (QED) is 0.535. The van der Waals surface area contributed by atoms with Gasteiger partial charge in [-0.1, -0.05) is 40.0 Å². The zero-order chi connectivity index (χ0) is 10.7. The van der Waals surface area contributed by atoms with Crippen molar-refractivity contribution in [3.8, 4) is 0 Å². The molecular weight excluding hydrogens is 180 g/mol. The average Bonchev–Trinajstić information content (AvgIpc) is 2.35. The molecule has 86 valence electrons. The summed E-state index contributed by atoms with van der Waals surface area (Å²) in [5.74, 6) is 0.998. The zero-order valence-electron chi connectivity index (χ0n) is 10.7. The molecule has 0 aliphatic heterocycles. The van der Waals surface area contributed by atoms with Gasteiger partial charge in [-0.3, -0.25) is 0 Å². The Morgan fingerprint density at radius 2 is 1.67 bits per heavy atom. The second kappa shape index (κ2) is 2.81. The molecule has 4 unspecified atom stereocenters. The minimum atomic E-state index is 0.690. The Morgan fingerprint density at radius 3 is 2.40 bits per heavy atom. The Hall–Kier alpha value is 0. The fourth-order valence-electron chi connectivity index (χ4n) is 5.87. The SMILES string of the molecule is CC1CCCC2(C)C3(C)CCCC12CC3. The smallest absolute Gasteiger partial charge is 0.0213 e. The van der Waals surface area contributed by atoms with E-state index in [9.17, 15) is 0 Å². The highest BCUT2D eigenvalue weighted by Crippen LogP contribution is 2.75. The fraction of sp³-hybridized carbons (Fsp3) is 1.00. The van der Waals surface area contributed by atoms with E-state index in [0.717, 1.165) is 11.3 Å². The number of hydrogen-bond donors (Lipinski definition) is 0. The van der Waals surface area contributed by atoms with Crippen LogP contribution in [0.4, 0.5) is 0 Å². The van der Waals surface area contributed by atoms with E-state index in [1.54, 1.807) is 12.8 Å². The minimum absolute atomic E-state index is 0.690. The molecule has 0 spiro atoms. The standard InChI is InChI=1S/C15H26/c1-12-6-4-8-14(3)13(2)7-5-9-15(12,14)11-10-13/h12H,4-11H2,1-3H3. The molecule has 15 heavy (non-hydrogen) atoms. The Bertz CT molecular complexity index is 280. The first-order valence-corrected chi connectivity index (χ1v) is 7.04. The van der Waals surface area contributed by atoms with Crippen molar-refractivity contribution in [1.82, 2.24) is 0 Å². The zero-order valence-corrected chi connectivity index (χ0v) is 10.7. The molecule has 3 aliphatic rings. The van der Waals surface area contributed by atoms with Crippen LogP contribution in [-0.2, 0) is 0 Å². The molecule has 2 bridgehead atoms. The van der Waals surface area contributed by atoms with Crippen molar-refractivity contribution < 1.29 is 0 Å². The largest absolute Gasteiger partial charge is 0.0620 e. The van der Waals surface area contributed by atoms with Gasteiger partial charge in [0.15, 0.2) is 0 Å². The van der Waals surface area contributed by atoms with Gasteiger partial charge in [0.2, 0.25) is 0 Å². The van der Waals surface area contributed by atoms with Gasteiger partial charge in [-0.15, -0.1) is 0 Å². The molecule has 4 atom stereocenters. The Balaban J connectivity index is 2.10. The summed E-state index contributed by atoms with van der Waals surface area (Å²) in [6.45, 7) is 7.80. The summed E-state index contributed by atoms with van der Waals surface area (Å²) in [4.78, 5) is 0. The van der Waals surface area contributed by atoms with Gasteiger partial charge in [-0.05, 0) is 54.3 Å². The van der Waals surface area contributed by atoms with Crippen LogP contribution in [0.2, 0.25) is 0 Å². The van der Waals surface area contributed by atoms with Gasteiger partial charge in [0, 0.05) is 0 Å². The third-order valence-electron chi connectivity index (χ3n) is 7.16. The first kappa shape index (κ1) is 10.2.